The average molecular weight is 179 g/mol. The van der Waals surface area contributed by atoms with Crippen LogP contribution in [-0.2, 0) is 6.54 Å². The number of anilines is 1. The van der Waals surface area contributed by atoms with E-state index in [-0.39, 0.29) is 0 Å². The summed E-state index contributed by atoms with van der Waals surface area (Å²) in [4.78, 5) is 0. The second-order valence-corrected chi connectivity index (χ2v) is 4.53. The van der Waals surface area contributed by atoms with Gasteiger partial charge in [-0.25, -0.2) is 0 Å². The van der Waals surface area contributed by atoms with Crippen LogP contribution in [-0.4, -0.2) is 9.78 Å². The maximum atomic E-state index is 5.74. The minimum Gasteiger partial charge on any atom is -0.396 e. The van der Waals surface area contributed by atoms with Crippen LogP contribution in [0.25, 0.3) is 0 Å². The van der Waals surface area contributed by atoms with Crippen LogP contribution in [0.15, 0.2) is 6.20 Å². The number of rotatable bonds is 2. The molecule has 2 N–H and O–H groups in total. The molecular weight excluding hydrogens is 162 g/mol. The maximum absolute atomic E-state index is 5.74. The summed E-state index contributed by atoms with van der Waals surface area (Å²) < 4.78 is 1.99. The molecule has 1 saturated carbocycles. The van der Waals surface area contributed by atoms with E-state index in [4.69, 9.17) is 5.73 Å². The number of hydrogen-bond donors (Lipinski definition) is 1. The topological polar surface area (TPSA) is 43.8 Å². The third-order valence-electron chi connectivity index (χ3n) is 3.09. The zero-order valence-corrected chi connectivity index (χ0v) is 8.38. The average Bonchev–Trinajstić information content (AvgIpc) is 2.28. The summed E-state index contributed by atoms with van der Waals surface area (Å²) in [5.74, 6) is 0. The van der Waals surface area contributed by atoms with Crippen LogP contribution < -0.4 is 5.73 Å². The van der Waals surface area contributed by atoms with Crippen molar-refractivity contribution < 1.29 is 0 Å². The molecule has 3 heteroatoms. The molecule has 1 heterocycles. The van der Waals surface area contributed by atoms with Gasteiger partial charge in [0.2, 0.25) is 0 Å². The number of nitrogens with two attached hydrogens (primary N) is 1. The molecule has 0 atom stereocenters. The van der Waals surface area contributed by atoms with Crippen LogP contribution in [0.4, 0.5) is 5.69 Å². The van der Waals surface area contributed by atoms with Crippen LogP contribution in [0, 0.1) is 12.3 Å². The minimum absolute atomic E-state index is 0.477. The van der Waals surface area contributed by atoms with Gasteiger partial charge >= 0.3 is 0 Å². The number of hydrogen-bond acceptors (Lipinski definition) is 2. The molecule has 0 aliphatic heterocycles. The molecule has 0 amide bonds. The molecule has 0 bridgehead atoms. The second kappa shape index (κ2) is 2.76. The van der Waals surface area contributed by atoms with E-state index in [9.17, 15) is 0 Å². The molecule has 0 aromatic carbocycles. The normalized spacial score (nSPS) is 19.8. The Balaban J connectivity index is 2.09. The smallest absolute Gasteiger partial charge is 0.0822 e. The Bertz CT molecular complexity index is 290. The van der Waals surface area contributed by atoms with Gasteiger partial charge in [-0.3, -0.25) is 4.68 Å². The van der Waals surface area contributed by atoms with E-state index in [1.54, 1.807) is 0 Å². The van der Waals surface area contributed by atoms with Gasteiger partial charge < -0.3 is 5.73 Å². The lowest BCUT2D eigenvalue weighted by Crippen LogP contribution is -2.30. The first-order valence-electron chi connectivity index (χ1n) is 4.89. The van der Waals surface area contributed by atoms with Gasteiger partial charge in [0.1, 0.15) is 0 Å². The first-order chi connectivity index (χ1) is 6.09. The van der Waals surface area contributed by atoms with Gasteiger partial charge in [0.05, 0.1) is 11.4 Å². The van der Waals surface area contributed by atoms with Crippen molar-refractivity contribution in [1.82, 2.24) is 9.78 Å². The zero-order valence-electron chi connectivity index (χ0n) is 8.38. The van der Waals surface area contributed by atoms with Crippen molar-refractivity contribution in [1.29, 1.82) is 0 Å². The molecule has 1 aliphatic rings. The van der Waals surface area contributed by atoms with Gasteiger partial charge in [-0.05, 0) is 25.2 Å². The summed E-state index contributed by atoms with van der Waals surface area (Å²) in [5, 5.41) is 4.37. The molecule has 0 radical (unpaired) electrons. The second-order valence-electron chi connectivity index (χ2n) is 4.53. The summed E-state index contributed by atoms with van der Waals surface area (Å²) >= 11 is 0. The van der Waals surface area contributed by atoms with E-state index in [1.165, 1.54) is 19.3 Å². The molecule has 1 aromatic rings. The Labute approximate surface area is 78.9 Å². The predicted molar refractivity (Wildman–Crippen MR) is 53.3 cm³/mol. The Morgan fingerprint density at radius 3 is 2.69 bits per heavy atom. The number of aromatic nitrogens is 2. The third kappa shape index (κ3) is 1.55. The molecule has 1 aliphatic carbocycles. The first-order valence-corrected chi connectivity index (χ1v) is 4.89. The maximum Gasteiger partial charge on any atom is 0.0822 e. The Hall–Kier alpha value is -0.990. The van der Waals surface area contributed by atoms with Gasteiger partial charge in [-0.1, -0.05) is 13.3 Å². The van der Waals surface area contributed by atoms with E-state index >= 15 is 0 Å². The lowest BCUT2D eigenvalue weighted by molar-refractivity contribution is 0.126. The highest BCUT2D eigenvalue weighted by Gasteiger charge is 2.32. The van der Waals surface area contributed by atoms with Crippen molar-refractivity contribution in [2.24, 2.45) is 5.41 Å². The van der Waals surface area contributed by atoms with E-state index in [1.807, 2.05) is 17.8 Å². The lowest BCUT2D eigenvalue weighted by atomic mass is 9.70. The van der Waals surface area contributed by atoms with Crippen molar-refractivity contribution in [3.63, 3.8) is 0 Å². The number of aryl methyl sites for hydroxylation is 1. The highest BCUT2D eigenvalue weighted by atomic mass is 15.3. The van der Waals surface area contributed by atoms with E-state index < -0.39 is 0 Å². The standard InChI is InChI=1S/C10H17N3/c1-8-9(11)6-13(12-8)7-10(2)4-3-5-10/h6H,3-5,7,11H2,1-2H3. The summed E-state index contributed by atoms with van der Waals surface area (Å²) in [6.45, 7) is 5.30. The van der Waals surface area contributed by atoms with Gasteiger partial charge in [0.15, 0.2) is 0 Å². The van der Waals surface area contributed by atoms with E-state index in [2.05, 4.69) is 12.0 Å². The van der Waals surface area contributed by atoms with Crippen molar-refractivity contribution in [3.05, 3.63) is 11.9 Å². The predicted octanol–water partition coefficient (Wildman–Crippen LogP) is 1.96. The Kier molecular flexibility index (Phi) is 1.82. The molecular formula is C10H17N3. The largest absolute Gasteiger partial charge is 0.396 e. The van der Waals surface area contributed by atoms with Crippen LogP contribution in [0.1, 0.15) is 31.9 Å². The summed E-state index contributed by atoms with van der Waals surface area (Å²) in [6, 6.07) is 0. The van der Waals surface area contributed by atoms with Crippen LogP contribution >= 0.6 is 0 Å². The summed E-state index contributed by atoms with van der Waals surface area (Å²) in [6.07, 6.45) is 5.96. The van der Waals surface area contributed by atoms with Crippen molar-refractivity contribution in [3.8, 4) is 0 Å². The third-order valence-corrected chi connectivity index (χ3v) is 3.09. The Morgan fingerprint density at radius 1 is 1.62 bits per heavy atom. The monoisotopic (exact) mass is 179 g/mol. The van der Waals surface area contributed by atoms with Gasteiger partial charge in [0.25, 0.3) is 0 Å². The molecule has 0 spiro atoms. The fraction of sp³-hybridized carbons (Fsp3) is 0.700. The summed E-state index contributed by atoms with van der Waals surface area (Å²) in [5.41, 5.74) is 7.97. The SMILES string of the molecule is Cc1nn(CC2(C)CCC2)cc1N. The van der Waals surface area contributed by atoms with E-state index in [0.717, 1.165) is 17.9 Å². The van der Waals surface area contributed by atoms with Crippen LogP contribution in [0.5, 0.6) is 0 Å². The van der Waals surface area contributed by atoms with E-state index in [0.29, 0.717) is 5.41 Å². The van der Waals surface area contributed by atoms with Gasteiger partial charge in [-0.15, -0.1) is 0 Å². The van der Waals surface area contributed by atoms with Crippen molar-refractivity contribution in [2.45, 2.75) is 39.7 Å². The molecule has 0 unspecified atom stereocenters. The summed E-state index contributed by atoms with van der Waals surface area (Å²) in [7, 11) is 0. The highest BCUT2D eigenvalue weighted by molar-refractivity contribution is 5.39. The van der Waals surface area contributed by atoms with Crippen LogP contribution in [0.2, 0.25) is 0 Å². The number of nitrogen functional groups attached to an aromatic ring is 1. The van der Waals surface area contributed by atoms with Crippen molar-refractivity contribution in [2.75, 3.05) is 5.73 Å². The van der Waals surface area contributed by atoms with Gasteiger partial charge in [0, 0.05) is 12.7 Å². The van der Waals surface area contributed by atoms with Crippen LogP contribution in [0.3, 0.4) is 0 Å². The van der Waals surface area contributed by atoms with Gasteiger partial charge in [-0.2, -0.15) is 5.10 Å². The molecule has 3 nitrogen and oxygen atoms in total. The Morgan fingerprint density at radius 2 is 2.31 bits per heavy atom. The molecule has 13 heavy (non-hydrogen) atoms. The zero-order chi connectivity index (χ0) is 9.47. The first kappa shape index (κ1) is 8.60. The highest BCUT2D eigenvalue weighted by Crippen LogP contribution is 2.41. The lowest BCUT2D eigenvalue weighted by Gasteiger charge is -2.38. The van der Waals surface area contributed by atoms with Crippen molar-refractivity contribution >= 4 is 5.69 Å². The molecule has 2 rings (SSSR count). The fourth-order valence-electron chi connectivity index (χ4n) is 1.94. The minimum atomic E-state index is 0.477. The molecule has 1 aromatic heterocycles. The number of nitrogens with zero attached hydrogens (tertiary/aromatic N) is 2. The molecule has 72 valence electrons. The fourth-order valence-corrected chi connectivity index (χ4v) is 1.94. The quantitative estimate of drug-likeness (QED) is 0.754. The molecule has 0 saturated heterocycles. The molecule has 1 fully saturated rings.